The Kier molecular flexibility index (Phi) is 6.58. The van der Waals surface area contributed by atoms with Gasteiger partial charge in [-0.3, -0.25) is 4.79 Å². The van der Waals surface area contributed by atoms with Gasteiger partial charge in [-0.25, -0.2) is 0 Å². The molecule has 3 heteroatoms. The van der Waals surface area contributed by atoms with Gasteiger partial charge >= 0.3 is 5.97 Å². The Hall–Kier alpha value is -1.51. The predicted molar refractivity (Wildman–Crippen MR) is 86.7 cm³/mol. The number of ether oxygens (including phenoxy) is 1. The number of carbonyl (C=O) groups is 1. The lowest BCUT2D eigenvalue weighted by Gasteiger charge is -2.24. The lowest BCUT2D eigenvalue weighted by atomic mass is 10.1. The van der Waals surface area contributed by atoms with Crippen molar-refractivity contribution in [3.05, 3.63) is 29.8 Å². The fourth-order valence-electron chi connectivity index (χ4n) is 2.98. The molecular weight excluding hydrogens is 262 g/mol. The van der Waals surface area contributed by atoms with Crippen molar-refractivity contribution in [3.8, 4) is 0 Å². The van der Waals surface area contributed by atoms with Crippen LogP contribution < -0.4 is 4.90 Å². The summed E-state index contributed by atoms with van der Waals surface area (Å²) >= 11 is 0. The molecule has 1 aromatic rings. The van der Waals surface area contributed by atoms with Gasteiger partial charge in [0.05, 0.1) is 6.61 Å². The maximum atomic E-state index is 11.3. The van der Waals surface area contributed by atoms with Gasteiger partial charge in [-0.15, -0.1) is 0 Å². The van der Waals surface area contributed by atoms with Gasteiger partial charge in [0.1, 0.15) is 0 Å². The van der Waals surface area contributed by atoms with E-state index in [1.165, 1.54) is 30.5 Å². The summed E-state index contributed by atoms with van der Waals surface area (Å²) in [6.07, 6.45) is 7.51. The van der Waals surface area contributed by atoms with Crippen molar-refractivity contribution in [1.82, 2.24) is 0 Å². The van der Waals surface area contributed by atoms with Crippen LogP contribution in [-0.2, 0) is 16.0 Å². The largest absolute Gasteiger partial charge is 0.466 e. The number of esters is 1. The van der Waals surface area contributed by atoms with Crippen molar-refractivity contribution < 1.29 is 9.53 Å². The molecule has 0 atom stereocenters. The van der Waals surface area contributed by atoms with Crippen LogP contribution in [0.4, 0.5) is 5.69 Å². The Morgan fingerprint density at radius 1 is 1.19 bits per heavy atom. The number of benzene rings is 1. The van der Waals surface area contributed by atoms with Crippen molar-refractivity contribution in [3.63, 3.8) is 0 Å². The van der Waals surface area contributed by atoms with E-state index in [1.54, 1.807) is 0 Å². The average molecular weight is 289 g/mol. The fraction of sp³-hybridized carbons (Fsp3) is 0.611. The number of fused-ring (bicyclic) bond motifs is 1. The molecule has 1 aromatic carbocycles. The second-order valence-electron chi connectivity index (χ2n) is 5.69. The van der Waals surface area contributed by atoms with Crippen LogP contribution in [0, 0.1) is 0 Å². The van der Waals surface area contributed by atoms with Gasteiger partial charge in [0.2, 0.25) is 0 Å². The first-order valence-electron chi connectivity index (χ1n) is 8.29. The van der Waals surface area contributed by atoms with E-state index >= 15 is 0 Å². The minimum Gasteiger partial charge on any atom is -0.466 e. The highest BCUT2D eigenvalue weighted by Gasteiger charge is 2.14. The second-order valence-corrected chi connectivity index (χ2v) is 5.69. The maximum Gasteiger partial charge on any atom is 0.305 e. The zero-order valence-electron chi connectivity index (χ0n) is 13.1. The van der Waals surface area contributed by atoms with Gasteiger partial charge in [-0.1, -0.05) is 24.6 Å². The zero-order chi connectivity index (χ0) is 14.9. The molecule has 1 heterocycles. The first kappa shape index (κ1) is 15.9. The monoisotopic (exact) mass is 289 g/mol. The molecule has 0 spiro atoms. The summed E-state index contributed by atoms with van der Waals surface area (Å²) in [5.74, 6) is -0.0578. The quantitative estimate of drug-likeness (QED) is 0.562. The summed E-state index contributed by atoms with van der Waals surface area (Å²) in [5, 5.41) is 0. The Labute approximate surface area is 128 Å². The van der Waals surface area contributed by atoms with Crippen LogP contribution >= 0.6 is 0 Å². The van der Waals surface area contributed by atoms with Gasteiger partial charge in [-0.05, 0) is 50.7 Å². The Balaban J connectivity index is 1.74. The van der Waals surface area contributed by atoms with Gasteiger partial charge in [0.15, 0.2) is 0 Å². The lowest BCUT2D eigenvalue weighted by Crippen LogP contribution is -2.25. The number of carbonyl (C=O) groups excluding carboxylic acids is 1. The van der Waals surface area contributed by atoms with E-state index in [-0.39, 0.29) is 5.97 Å². The third-order valence-corrected chi connectivity index (χ3v) is 4.07. The highest BCUT2D eigenvalue weighted by atomic mass is 16.5. The molecule has 0 radical (unpaired) electrons. The smallest absolute Gasteiger partial charge is 0.305 e. The Morgan fingerprint density at radius 3 is 2.90 bits per heavy atom. The van der Waals surface area contributed by atoms with Gasteiger partial charge in [0.25, 0.3) is 0 Å². The molecule has 0 saturated heterocycles. The first-order valence-corrected chi connectivity index (χ1v) is 8.29. The van der Waals surface area contributed by atoms with E-state index in [2.05, 4.69) is 29.2 Å². The molecular formula is C18H27NO2. The van der Waals surface area contributed by atoms with Crippen molar-refractivity contribution in [2.75, 3.05) is 24.6 Å². The van der Waals surface area contributed by atoms with E-state index < -0.39 is 0 Å². The molecule has 0 unspecified atom stereocenters. The normalized spacial score (nSPS) is 14.4. The molecule has 0 aromatic heterocycles. The number of aryl methyl sites for hydroxylation is 1. The third kappa shape index (κ3) is 5.07. The van der Waals surface area contributed by atoms with Crippen LogP contribution in [0.3, 0.4) is 0 Å². The van der Waals surface area contributed by atoms with E-state index in [9.17, 15) is 4.79 Å². The Morgan fingerprint density at radius 2 is 2.05 bits per heavy atom. The number of unbranched alkanes of at least 4 members (excludes halogenated alkanes) is 2. The van der Waals surface area contributed by atoms with Crippen molar-refractivity contribution in [2.24, 2.45) is 0 Å². The highest BCUT2D eigenvalue weighted by Crippen LogP contribution is 2.26. The van der Waals surface area contributed by atoms with Gasteiger partial charge in [-0.2, -0.15) is 0 Å². The average Bonchev–Trinajstić information content (AvgIpc) is 2.70. The highest BCUT2D eigenvalue weighted by molar-refractivity contribution is 5.69. The molecule has 0 saturated carbocycles. The SMILES string of the molecule is CCOC(=O)CCCCCN1CCCCc2ccccc21. The van der Waals surface area contributed by atoms with Crippen LogP contribution in [-0.4, -0.2) is 25.7 Å². The molecule has 0 amide bonds. The second kappa shape index (κ2) is 8.71. The van der Waals surface area contributed by atoms with E-state index in [1.807, 2.05) is 6.92 Å². The summed E-state index contributed by atoms with van der Waals surface area (Å²) in [7, 11) is 0. The molecule has 0 bridgehead atoms. The molecule has 3 nitrogen and oxygen atoms in total. The van der Waals surface area contributed by atoms with E-state index in [0.29, 0.717) is 13.0 Å². The first-order chi connectivity index (χ1) is 10.3. The predicted octanol–water partition coefficient (Wildman–Crippen LogP) is 3.95. The van der Waals surface area contributed by atoms with E-state index in [0.717, 1.165) is 32.4 Å². The molecule has 21 heavy (non-hydrogen) atoms. The molecule has 1 aliphatic rings. The lowest BCUT2D eigenvalue weighted by molar-refractivity contribution is -0.143. The van der Waals surface area contributed by atoms with Crippen LogP contribution in [0.25, 0.3) is 0 Å². The molecule has 0 aliphatic carbocycles. The van der Waals surface area contributed by atoms with Crippen LogP contribution in [0.5, 0.6) is 0 Å². The van der Waals surface area contributed by atoms with Gasteiger partial charge < -0.3 is 9.64 Å². The van der Waals surface area contributed by atoms with Crippen LogP contribution in [0.1, 0.15) is 51.0 Å². The fourth-order valence-corrected chi connectivity index (χ4v) is 2.98. The summed E-state index contributed by atoms with van der Waals surface area (Å²) < 4.78 is 4.95. The molecule has 2 rings (SSSR count). The molecule has 0 N–H and O–H groups in total. The minimum atomic E-state index is -0.0578. The Bertz CT molecular complexity index is 445. The number of hydrogen-bond donors (Lipinski definition) is 0. The topological polar surface area (TPSA) is 29.5 Å². The molecule has 116 valence electrons. The summed E-state index contributed by atoms with van der Waals surface area (Å²) in [5.41, 5.74) is 2.90. The van der Waals surface area contributed by atoms with Gasteiger partial charge in [0, 0.05) is 25.2 Å². The summed E-state index contributed by atoms with van der Waals surface area (Å²) in [6.45, 7) is 4.60. The number of para-hydroxylation sites is 1. The van der Waals surface area contributed by atoms with Crippen molar-refractivity contribution >= 4 is 11.7 Å². The third-order valence-electron chi connectivity index (χ3n) is 4.07. The molecule has 0 fully saturated rings. The zero-order valence-corrected chi connectivity index (χ0v) is 13.1. The summed E-state index contributed by atoms with van der Waals surface area (Å²) in [6, 6.07) is 8.78. The van der Waals surface area contributed by atoms with Crippen LogP contribution in [0.2, 0.25) is 0 Å². The number of hydrogen-bond acceptors (Lipinski definition) is 3. The number of rotatable bonds is 7. The molecule has 1 aliphatic heterocycles. The van der Waals surface area contributed by atoms with E-state index in [4.69, 9.17) is 4.74 Å². The standard InChI is InChI=1S/C18H27NO2/c1-2-21-18(20)13-4-3-8-14-19-15-9-7-11-16-10-5-6-12-17(16)19/h5-6,10,12H,2-4,7-9,11,13-15H2,1H3. The number of nitrogens with zero attached hydrogens (tertiary/aromatic N) is 1. The van der Waals surface area contributed by atoms with Crippen LogP contribution in [0.15, 0.2) is 24.3 Å². The summed E-state index contributed by atoms with van der Waals surface area (Å²) in [4.78, 5) is 13.8. The maximum absolute atomic E-state index is 11.3. The van der Waals surface area contributed by atoms with Crippen molar-refractivity contribution in [2.45, 2.75) is 51.9 Å². The van der Waals surface area contributed by atoms with Crippen molar-refractivity contribution in [1.29, 1.82) is 0 Å². The minimum absolute atomic E-state index is 0.0578. The number of anilines is 1.